The zero-order valence-corrected chi connectivity index (χ0v) is 21.0. The van der Waals surface area contributed by atoms with E-state index in [2.05, 4.69) is 31.6 Å². The monoisotopic (exact) mass is 500 g/mol. The van der Waals surface area contributed by atoms with E-state index in [4.69, 9.17) is 9.47 Å². The number of hydrogen-bond acceptors (Lipinski definition) is 6. The highest BCUT2D eigenvalue weighted by Gasteiger charge is 2.27. The summed E-state index contributed by atoms with van der Waals surface area (Å²) in [5, 5.41) is 13.3. The molecule has 4 heterocycles. The van der Waals surface area contributed by atoms with Crippen LogP contribution in [0.2, 0.25) is 0 Å². The summed E-state index contributed by atoms with van der Waals surface area (Å²) in [4.78, 5) is 18.3. The first-order valence-corrected chi connectivity index (χ1v) is 12.9. The van der Waals surface area contributed by atoms with Crippen molar-refractivity contribution in [3.8, 4) is 5.75 Å². The second kappa shape index (κ2) is 10.4. The summed E-state index contributed by atoms with van der Waals surface area (Å²) < 4.78 is 13.4. The van der Waals surface area contributed by atoms with Gasteiger partial charge in [-0.25, -0.2) is 4.68 Å². The predicted molar refractivity (Wildman–Crippen MR) is 139 cm³/mol. The van der Waals surface area contributed by atoms with Crippen molar-refractivity contribution in [2.75, 3.05) is 20.2 Å². The van der Waals surface area contributed by atoms with Gasteiger partial charge in [-0.2, -0.15) is 0 Å². The summed E-state index contributed by atoms with van der Waals surface area (Å²) in [5.41, 5.74) is 5.25. The lowest BCUT2D eigenvalue weighted by Gasteiger charge is -2.32. The fourth-order valence-electron chi connectivity index (χ4n) is 5.38. The second-order valence-corrected chi connectivity index (χ2v) is 9.89. The molecule has 2 aliphatic rings. The van der Waals surface area contributed by atoms with Crippen LogP contribution < -0.4 is 10.1 Å². The van der Waals surface area contributed by atoms with Crippen molar-refractivity contribution in [1.82, 2.24) is 30.2 Å². The summed E-state index contributed by atoms with van der Waals surface area (Å²) >= 11 is 0. The Morgan fingerprint density at radius 3 is 2.78 bits per heavy atom. The van der Waals surface area contributed by atoms with E-state index in [1.807, 2.05) is 53.3 Å². The Labute approximate surface area is 215 Å². The van der Waals surface area contributed by atoms with Crippen LogP contribution in [0.5, 0.6) is 5.75 Å². The van der Waals surface area contributed by atoms with E-state index in [1.165, 1.54) is 0 Å². The van der Waals surface area contributed by atoms with Crippen LogP contribution in [0.15, 0.2) is 54.7 Å². The Bertz CT molecular complexity index is 1370. The molecular formula is C28H32N6O3. The quantitative estimate of drug-likeness (QED) is 0.404. The van der Waals surface area contributed by atoms with Crippen molar-refractivity contribution in [2.45, 2.75) is 51.1 Å². The Balaban J connectivity index is 0.994. The molecule has 1 fully saturated rings. The number of rotatable bonds is 7. The molecule has 1 saturated heterocycles. The van der Waals surface area contributed by atoms with Crippen molar-refractivity contribution in [1.29, 1.82) is 0 Å². The topological polar surface area (TPSA) is 97.3 Å². The van der Waals surface area contributed by atoms with E-state index in [9.17, 15) is 4.79 Å². The smallest absolute Gasteiger partial charge is 0.224 e. The largest absolute Gasteiger partial charge is 0.497 e. The number of para-hydroxylation sites is 1. The molecule has 0 radical (unpaired) electrons. The number of nitrogens with zero attached hydrogens (tertiary/aromatic N) is 4. The van der Waals surface area contributed by atoms with Gasteiger partial charge in [-0.05, 0) is 42.2 Å². The molecule has 9 heteroatoms. The Morgan fingerprint density at radius 1 is 1.16 bits per heavy atom. The van der Waals surface area contributed by atoms with E-state index in [-0.39, 0.29) is 18.1 Å². The van der Waals surface area contributed by atoms with Crippen LogP contribution in [0.25, 0.3) is 10.9 Å². The summed E-state index contributed by atoms with van der Waals surface area (Å²) in [6, 6.07) is 16.3. The summed E-state index contributed by atoms with van der Waals surface area (Å²) in [6.07, 6.45) is 4.15. The van der Waals surface area contributed by atoms with E-state index < -0.39 is 0 Å². The normalized spacial score (nSPS) is 18.6. The number of aromatic amines is 1. The van der Waals surface area contributed by atoms with E-state index >= 15 is 0 Å². The van der Waals surface area contributed by atoms with E-state index in [0.29, 0.717) is 19.6 Å². The van der Waals surface area contributed by atoms with E-state index in [0.717, 1.165) is 71.6 Å². The molecule has 192 valence electrons. The Morgan fingerprint density at radius 2 is 1.97 bits per heavy atom. The number of methoxy groups -OCH3 is 1. The average Bonchev–Trinajstić information content (AvgIpc) is 3.53. The number of benzene rings is 2. The minimum atomic E-state index is -0.0448. The van der Waals surface area contributed by atoms with Gasteiger partial charge in [0.1, 0.15) is 17.5 Å². The number of likely N-dealkylation sites (tertiary alicyclic amines) is 1. The van der Waals surface area contributed by atoms with Gasteiger partial charge in [0.05, 0.1) is 32.4 Å². The fraction of sp³-hybridized carbons (Fsp3) is 0.393. The maximum Gasteiger partial charge on any atom is 0.224 e. The number of hydrogen-bond donors (Lipinski definition) is 2. The molecule has 0 bridgehead atoms. The standard InChI is InChI=1S/C28H32N6O3/c1-36-22-8-6-19(7-9-22)27-17-34-26(18-37-27)25(31-32-34)16-33-12-10-21(11-13-33)30-28(35)14-20-15-29-24-5-3-2-4-23(20)24/h2-9,15,21,27,29H,10-14,16-18H2,1H3,(H,30,35). The van der Waals surface area contributed by atoms with Crippen molar-refractivity contribution >= 4 is 16.8 Å². The number of fused-ring (bicyclic) bond motifs is 2. The van der Waals surface area contributed by atoms with Gasteiger partial charge in [-0.15, -0.1) is 5.10 Å². The molecule has 0 spiro atoms. The maximum atomic E-state index is 12.7. The summed E-state index contributed by atoms with van der Waals surface area (Å²) in [6.45, 7) is 3.74. The molecule has 2 N–H and O–H groups in total. The molecule has 2 aliphatic heterocycles. The third kappa shape index (κ3) is 5.10. The highest BCUT2D eigenvalue weighted by Crippen LogP contribution is 2.29. The van der Waals surface area contributed by atoms with Gasteiger partial charge in [-0.1, -0.05) is 35.5 Å². The van der Waals surface area contributed by atoms with Crippen LogP contribution in [-0.2, 0) is 35.6 Å². The molecule has 2 aromatic heterocycles. The summed E-state index contributed by atoms with van der Waals surface area (Å²) in [5.74, 6) is 0.917. The van der Waals surface area contributed by atoms with E-state index in [1.54, 1.807) is 7.11 Å². The first kappa shape index (κ1) is 23.7. The molecular weight excluding hydrogens is 468 g/mol. The number of amides is 1. The number of ether oxygens (including phenoxy) is 2. The number of carbonyl (C=O) groups excluding carboxylic acids is 1. The third-order valence-electron chi connectivity index (χ3n) is 7.52. The van der Waals surface area contributed by atoms with Crippen molar-refractivity contribution in [3.63, 3.8) is 0 Å². The zero-order chi connectivity index (χ0) is 25.2. The van der Waals surface area contributed by atoms with Crippen molar-refractivity contribution in [2.24, 2.45) is 0 Å². The van der Waals surface area contributed by atoms with Crippen LogP contribution in [0.1, 0.15) is 41.5 Å². The molecule has 9 nitrogen and oxygen atoms in total. The average molecular weight is 501 g/mol. The van der Waals surface area contributed by atoms with Crippen molar-refractivity contribution < 1.29 is 14.3 Å². The third-order valence-corrected chi connectivity index (χ3v) is 7.52. The molecule has 0 saturated carbocycles. The highest BCUT2D eigenvalue weighted by atomic mass is 16.5. The first-order valence-electron chi connectivity index (χ1n) is 12.9. The van der Waals surface area contributed by atoms with Crippen molar-refractivity contribution in [3.05, 3.63) is 77.2 Å². The number of nitrogens with one attached hydrogen (secondary N) is 2. The fourth-order valence-corrected chi connectivity index (χ4v) is 5.38. The number of carbonyl (C=O) groups is 1. The number of piperidine rings is 1. The molecule has 1 unspecified atom stereocenters. The zero-order valence-electron chi connectivity index (χ0n) is 21.0. The lowest BCUT2D eigenvalue weighted by molar-refractivity contribution is -0.121. The van der Waals surface area contributed by atoms with Gasteiger partial charge in [0.25, 0.3) is 0 Å². The van der Waals surface area contributed by atoms with Gasteiger partial charge < -0.3 is 19.8 Å². The van der Waals surface area contributed by atoms with Gasteiger partial charge in [-0.3, -0.25) is 9.69 Å². The Kier molecular flexibility index (Phi) is 6.63. The second-order valence-electron chi connectivity index (χ2n) is 9.89. The molecule has 37 heavy (non-hydrogen) atoms. The van der Waals surface area contributed by atoms with Gasteiger partial charge in [0.2, 0.25) is 5.91 Å². The van der Waals surface area contributed by atoms with Gasteiger partial charge >= 0.3 is 0 Å². The number of H-pyrrole nitrogens is 1. The molecule has 2 aromatic carbocycles. The maximum absolute atomic E-state index is 12.7. The molecule has 0 aliphatic carbocycles. The van der Waals surface area contributed by atoms with Crippen LogP contribution in [-0.4, -0.2) is 57.0 Å². The molecule has 4 aromatic rings. The summed E-state index contributed by atoms with van der Waals surface area (Å²) in [7, 11) is 1.67. The minimum absolute atomic E-state index is 0.0448. The molecule has 6 rings (SSSR count). The Hall–Kier alpha value is -3.69. The van der Waals surface area contributed by atoms with Gasteiger partial charge in [0, 0.05) is 42.8 Å². The van der Waals surface area contributed by atoms with Crippen LogP contribution in [0, 0.1) is 0 Å². The highest BCUT2D eigenvalue weighted by molar-refractivity contribution is 5.88. The lowest BCUT2D eigenvalue weighted by atomic mass is 10.0. The van der Waals surface area contributed by atoms with Crippen LogP contribution in [0.3, 0.4) is 0 Å². The SMILES string of the molecule is COc1ccc(C2Cn3nnc(CN4CCC(NC(=O)Cc5c[nH]c6ccccc56)CC4)c3CO2)cc1. The number of aromatic nitrogens is 4. The minimum Gasteiger partial charge on any atom is -0.497 e. The molecule has 1 atom stereocenters. The first-order chi connectivity index (χ1) is 18.2. The lowest BCUT2D eigenvalue weighted by Crippen LogP contribution is -2.44. The van der Waals surface area contributed by atoms with Crippen LogP contribution in [0.4, 0.5) is 0 Å². The van der Waals surface area contributed by atoms with Crippen LogP contribution >= 0.6 is 0 Å². The molecule has 1 amide bonds. The van der Waals surface area contributed by atoms with Gasteiger partial charge in [0.15, 0.2) is 0 Å². The predicted octanol–water partition coefficient (Wildman–Crippen LogP) is 3.36.